The minimum absolute atomic E-state index is 0.0854. The van der Waals surface area contributed by atoms with Gasteiger partial charge in [-0.05, 0) is 170 Å². The maximum atomic E-state index is 14.0. The molecule has 8 aromatic carbocycles. The number of piperazine rings is 4. The van der Waals surface area contributed by atoms with Crippen LogP contribution in [0.1, 0.15) is 112 Å². The molecule has 23 nitrogen and oxygen atoms in total. The summed E-state index contributed by atoms with van der Waals surface area (Å²) in [4.78, 5) is 65.4. The Bertz CT molecular complexity index is 4760. The van der Waals surface area contributed by atoms with Gasteiger partial charge in [-0.1, -0.05) is 222 Å². The highest BCUT2D eigenvalue weighted by Crippen LogP contribution is 2.34. The average molecular weight is 1810 g/mol. The summed E-state index contributed by atoms with van der Waals surface area (Å²) < 4.78 is 96.4. The molecule has 8 aromatic rings. The number of carbonyl (C=O) groups is 4. The number of methoxy groups -OCH3 is 2. The van der Waals surface area contributed by atoms with E-state index >= 15 is 0 Å². The summed E-state index contributed by atoms with van der Waals surface area (Å²) in [6.45, 7) is 31.5. The number of quaternary nitrogens is 3. The van der Waals surface area contributed by atoms with Crippen molar-refractivity contribution in [3.8, 4) is 33.8 Å². The topological polar surface area (TPSA) is 286 Å². The molecule has 4 saturated heterocycles. The first-order valence-electron chi connectivity index (χ1n) is 41.6. The lowest BCUT2D eigenvalue weighted by atomic mass is 9.82. The Balaban J connectivity index is 0.000000247. The van der Waals surface area contributed by atoms with Crippen LogP contribution in [0, 0.1) is 23.7 Å². The Morgan fingerprint density at radius 1 is 0.492 bits per heavy atom. The molecule has 0 radical (unpaired) electrons. The van der Waals surface area contributed by atoms with Gasteiger partial charge in [0.2, 0.25) is 0 Å². The second-order valence-corrected chi connectivity index (χ2v) is 35.5. The SMILES string of the molecule is CCC[N+]1(Cc2ccc(-c3ccc(C[C@@H](C(=O)OC(C)(C)C)[C@@H](Cc4ccccc4)C(=O)OCc4ccc(OC)cc4)cc3)cc2)CC[NH+](CCCN=[N+]=[N-])CC1.COc1ccc(COC(=O)[C@H](Cc2ccccc2)[C@@H](Cc2ccc(-c3ccc(CI)cc3)cc2)C(=O)OC(C)(C)C)cc1.O=S(=O)([O-])C(F)(F)F.[N-]=[N+]=NCCC[N+]12CCN(CC1)CC2. The first-order valence-corrected chi connectivity index (χ1v) is 44.5. The Morgan fingerprint density at radius 3 is 1.16 bits per heavy atom. The summed E-state index contributed by atoms with van der Waals surface area (Å²) in [5, 5.41) is 7.30. The number of esters is 4. The number of hydrogen-bond acceptors (Lipinski definition) is 16. The van der Waals surface area contributed by atoms with Crippen LogP contribution in [0.15, 0.2) is 216 Å². The van der Waals surface area contributed by atoms with Crippen LogP contribution in [0.25, 0.3) is 43.1 Å². The molecule has 4 aliphatic rings. The van der Waals surface area contributed by atoms with Crippen LogP contribution in [-0.2, 0) is 98.1 Å². The molecule has 12 rings (SSSR count). The molecule has 1 N–H and O–H groups in total. The van der Waals surface area contributed by atoms with E-state index in [2.05, 4.69) is 139 Å². The van der Waals surface area contributed by atoms with Gasteiger partial charge in [-0.2, -0.15) is 13.2 Å². The molecule has 122 heavy (non-hydrogen) atoms. The maximum Gasteiger partial charge on any atom is 0.485 e. The minimum atomic E-state index is -6.09. The van der Waals surface area contributed by atoms with Crippen molar-refractivity contribution in [2.75, 3.05) is 112 Å². The number of hydrogen-bond donors (Lipinski definition) is 1. The molecule has 654 valence electrons. The third-order valence-electron chi connectivity index (χ3n) is 22.1. The fourth-order valence-electron chi connectivity index (χ4n) is 15.4. The molecule has 0 unspecified atom stereocenters. The monoisotopic (exact) mass is 1810 g/mol. The normalized spacial score (nSPS) is 17.8. The predicted molar refractivity (Wildman–Crippen MR) is 474 cm³/mol. The Hall–Kier alpha value is -9.87. The minimum Gasteiger partial charge on any atom is -0.741 e. The highest BCUT2D eigenvalue weighted by atomic mass is 127. The van der Waals surface area contributed by atoms with E-state index in [-0.39, 0.29) is 13.2 Å². The van der Waals surface area contributed by atoms with E-state index in [4.69, 9.17) is 52.5 Å². The van der Waals surface area contributed by atoms with Gasteiger partial charge >= 0.3 is 29.4 Å². The van der Waals surface area contributed by atoms with E-state index in [0.29, 0.717) is 38.8 Å². The number of nitrogens with zero attached hydrogens (tertiary/aromatic N) is 9. The van der Waals surface area contributed by atoms with Crippen molar-refractivity contribution in [2.24, 2.45) is 33.9 Å². The Morgan fingerprint density at radius 2 is 0.828 bits per heavy atom. The quantitative estimate of drug-likeness (QED) is 0.00330. The van der Waals surface area contributed by atoms with E-state index < -0.39 is 74.4 Å². The number of nitrogens with one attached hydrogen (secondary N) is 1. The van der Waals surface area contributed by atoms with E-state index in [0.717, 1.165) is 135 Å². The second-order valence-electron chi connectivity index (χ2n) is 33.4. The zero-order chi connectivity index (χ0) is 88.4. The largest absolute Gasteiger partial charge is 0.741 e. The molecule has 0 aliphatic carbocycles. The third kappa shape index (κ3) is 32.4. The third-order valence-corrected chi connectivity index (χ3v) is 23.5. The van der Waals surface area contributed by atoms with Crippen molar-refractivity contribution < 1.29 is 87.6 Å². The molecule has 0 amide bonds. The van der Waals surface area contributed by atoms with Gasteiger partial charge in [0.05, 0.1) is 77.2 Å². The van der Waals surface area contributed by atoms with Gasteiger partial charge in [-0.3, -0.25) is 24.1 Å². The molecule has 0 aromatic heterocycles. The lowest BCUT2D eigenvalue weighted by molar-refractivity contribution is -1.03. The maximum absolute atomic E-state index is 14.0. The summed E-state index contributed by atoms with van der Waals surface area (Å²) in [6, 6.07) is 68.2. The first-order chi connectivity index (χ1) is 58.2. The number of halogens is 4. The molecule has 4 heterocycles. The number of rotatable bonds is 35. The Kier molecular flexibility index (Phi) is 38.1. The van der Waals surface area contributed by atoms with Crippen LogP contribution in [-0.4, -0.2) is 180 Å². The second kappa shape index (κ2) is 47.7. The van der Waals surface area contributed by atoms with Gasteiger partial charge in [0, 0.05) is 65.4 Å². The number of benzene rings is 8. The lowest BCUT2D eigenvalue weighted by Gasteiger charge is -2.50. The smallest absolute Gasteiger partial charge is 0.485 e. The van der Waals surface area contributed by atoms with E-state index in [1.54, 1.807) is 19.1 Å². The van der Waals surface area contributed by atoms with Crippen molar-refractivity contribution in [3.63, 3.8) is 0 Å². The van der Waals surface area contributed by atoms with Crippen molar-refractivity contribution in [1.82, 2.24) is 4.90 Å². The molecule has 0 saturated carbocycles. The summed E-state index contributed by atoms with van der Waals surface area (Å²) in [5.74, 6) is -3.25. The van der Waals surface area contributed by atoms with E-state index in [1.165, 1.54) is 68.0 Å². The van der Waals surface area contributed by atoms with Crippen molar-refractivity contribution in [1.29, 1.82) is 0 Å². The van der Waals surface area contributed by atoms with Crippen molar-refractivity contribution in [2.45, 2.75) is 134 Å². The van der Waals surface area contributed by atoms with Gasteiger partial charge in [0.15, 0.2) is 10.1 Å². The highest BCUT2D eigenvalue weighted by molar-refractivity contribution is 14.1. The molecular formula is C94H118F3IN10O13S+2. The summed E-state index contributed by atoms with van der Waals surface area (Å²) in [6.07, 6.45) is 4.51. The molecule has 4 fully saturated rings. The summed E-state index contributed by atoms with van der Waals surface area (Å²) in [7, 11) is -2.87. The number of ether oxygens (including phenoxy) is 6. The van der Waals surface area contributed by atoms with Gasteiger partial charge in [-0.25, -0.2) is 8.42 Å². The fourth-order valence-corrected chi connectivity index (χ4v) is 15.9. The van der Waals surface area contributed by atoms with E-state index in [1.807, 2.05) is 163 Å². The van der Waals surface area contributed by atoms with Gasteiger partial charge in [0.25, 0.3) is 0 Å². The number of alkyl halides is 4. The number of azide groups is 2. The highest BCUT2D eigenvalue weighted by Gasteiger charge is 2.42. The molecule has 28 heteroatoms. The van der Waals surface area contributed by atoms with Crippen LogP contribution in [0.4, 0.5) is 13.2 Å². The standard InChI is InChI=1S/C47H60N5O5.C37H39IO5.C9H18N5.CHF3O3S/c1-6-29-52(30-27-51(28-31-52)26-10-25-49-50-48)34-38-15-21-41(22-16-38)40-19-13-37(14-20-40)33-44(46(54)57-47(2,3)4)43(32-36-11-8-7-9-12-36)45(53)56-35-39-17-23-42(55-5)24-18-39;1-37(2,3)43-36(40)34(23-27-10-16-30(17-11-27)31-18-12-28(24-38)13-19-31)33(22-26-8-6-5-7-9-26)35(39)42-25-29-14-20-32(41-4)21-15-29;10-12-11-2-1-6-14-7-3-13(4-8-14)5-9-14;2-1(3,4)8(5,6)7/h7-9,11-24,43-44H,6,10,25-35H2,1-5H3;5-21,33-34H,22-25H2,1-4H3;1-9H2;(H,5,6,7)/q+1;;+1;/t43-,44-;33-,34-;;/m11../s1. The fraction of sp³-hybridized carbons (Fsp3) is 0.447. The number of carbonyl (C=O) groups excluding carboxylic acids is 4. The molecule has 0 spiro atoms. The average Bonchev–Trinajstić information content (AvgIpc) is 0.839. The lowest BCUT2D eigenvalue weighted by Crippen LogP contribution is -3.15. The van der Waals surface area contributed by atoms with Crippen molar-refractivity contribution >= 4 is 56.6 Å². The Labute approximate surface area is 730 Å². The summed E-state index contributed by atoms with van der Waals surface area (Å²) in [5.41, 5.74) is 22.2. The molecule has 4 atom stereocenters. The van der Waals surface area contributed by atoms with E-state index in [9.17, 15) is 32.3 Å². The van der Waals surface area contributed by atoms with Gasteiger partial charge in [-0.15, -0.1) is 0 Å². The van der Waals surface area contributed by atoms with Crippen LogP contribution in [0.3, 0.4) is 0 Å². The molecule has 4 aliphatic heterocycles. The van der Waals surface area contributed by atoms with Gasteiger partial charge in [0.1, 0.15) is 68.6 Å². The van der Waals surface area contributed by atoms with Crippen molar-refractivity contribution in [3.05, 3.63) is 272 Å². The number of fused-ring (bicyclic) bond motifs is 3. The summed E-state index contributed by atoms with van der Waals surface area (Å²) >= 11 is 2.36. The van der Waals surface area contributed by atoms with Gasteiger partial charge < -0.3 is 46.8 Å². The molecule has 2 bridgehead atoms. The predicted octanol–water partition coefficient (Wildman–Crippen LogP) is 17.1. The van der Waals surface area contributed by atoms with Crippen LogP contribution < -0.4 is 14.4 Å². The van der Waals surface area contributed by atoms with Crippen LogP contribution in [0.2, 0.25) is 0 Å². The van der Waals surface area contributed by atoms with Crippen LogP contribution >= 0.6 is 22.6 Å². The van der Waals surface area contributed by atoms with Crippen LogP contribution in [0.5, 0.6) is 11.5 Å². The zero-order valence-corrected chi connectivity index (χ0v) is 74.6. The zero-order valence-electron chi connectivity index (χ0n) is 71.6. The molecular weight excluding hydrogens is 1690 g/mol. The first kappa shape index (κ1) is 97.6.